The first-order chi connectivity index (χ1) is 15.5. The van der Waals surface area contributed by atoms with Crippen LogP contribution in [0, 0.1) is 0 Å². The average molecular weight is 485 g/mol. The number of rotatable bonds is 8. The molecule has 3 rings (SSSR count). The SMILES string of the molecule is CCCc1cc(N2CCN(CCCSc3cnc(C(F)(F)F)n3C)CC2)nc(C(C)(C)C)n1. The fourth-order valence-corrected chi connectivity index (χ4v) is 4.71. The number of aryl methyl sites for hydroxylation is 1. The van der Waals surface area contributed by atoms with Gasteiger partial charge in [-0.3, -0.25) is 4.90 Å². The molecular weight excluding hydrogens is 449 g/mol. The van der Waals surface area contributed by atoms with Crippen LogP contribution in [0.1, 0.15) is 57.9 Å². The Balaban J connectivity index is 1.49. The Morgan fingerprint density at radius 3 is 2.33 bits per heavy atom. The van der Waals surface area contributed by atoms with Gasteiger partial charge in [-0.2, -0.15) is 13.2 Å². The topological polar surface area (TPSA) is 50.1 Å². The number of halogens is 3. The fraction of sp³-hybridized carbons (Fsp3) is 0.696. The molecule has 0 atom stereocenters. The Kier molecular flexibility index (Phi) is 8.31. The summed E-state index contributed by atoms with van der Waals surface area (Å²) in [6.45, 7) is 13.3. The number of alkyl halides is 3. The second-order valence-electron chi connectivity index (χ2n) is 9.55. The molecule has 2 aromatic heterocycles. The molecule has 0 radical (unpaired) electrons. The van der Waals surface area contributed by atoms with Crippen molar-refractivity contribution < 1.29 is 13.2 Å². The second-order valence-corrected chi connectivity index (χ2v) is 10.7. The van der Waals surface area contributed by atoms with Crippen LogP contribution in [-0.2, 0) is 25.1 Å². The van der Waals surface area contributed by atoms with Gasteiger partial charge < -0.3 is 9.47 Å². The molecule has 0 amide bonds. The number of hydrogen-bond donors (Lipinski definition) is 0. The quantitative estimate of drug-likeness (QED) is 0.397. The van der Waals surface area contributed by atoms with Crippen molar-refractivity contribution in [3.05, 3.63) is 29.6 Å². The van der Waals surface area contributed by atoms with E-state index in [-0.39, 0.29) is 5.41 Å². The molecule has 184 valence electrons. The van der Waals surface area contributed by atoms with Gasteiger partial charge in [-0.05, 0) is 19.4 Å². The number of hydrogen-bond acceptors (Lipinski definition) is 6. The van der Waals surface area contributed by atoms with Crippen molar-refractivity contribution in [1.82, 2.24) is 24.4 Å². The van der Waals surface area contributed by atoms with Gasteiger partial charge in [0.1, 0.15) is 11.6 Å². The normalized spacial score (nSPS) is 15.9. The van der Waals surface area contributed by atoms with Crippen LogP contribution in [0.25, 0.3) is 0 Å². The smallest absolute Gasteiger partial charge is 0.354 e. The lowest BCUT2D eigenvalue weighted by Crippen LogP contribution is -2.47. The van der Waals surface area contributed by atoms with E-state index in [1.807, 2.05) is 0 Å². The molecule has 1 aliphatic heterocycles. The molecule has 2 aromatic rings. The molecule has 10 heteroatoms. The summed E-state index contributed by atoms with van der Waals surface area (Å²) in [6.07, 6.45) is -0.173. The number of nitrogens with zero attached hydrogens (tertiary/aromatic N) is 6. The molecule has 3 heterocycles. The van der Waals surface area contributed by atoms with Crippen molar-refractivity contribution in [3.8, 4) is 0 Å². The largest absolute Gasteiger partial charge is 0.449 e. The maximum Gasteiger partial charge on any atom is 0.449 e. The minimum absolute atomic E-state index is 0.0906. The van der Waals surface area contributed by atoms with Gasteiger partial charge in [-0.15, -0.1) is 11.8 Å². The predicted molar refractivity (Wildman–Crippen MR) is 127 cm³/mol. The predicted octanol–water partition coefficient (Wildman–Crippen LogP) is 4.78. The zero-order valence-corrected chi connectivity index (χ0v) is 21.1. The minimum atomic E-state index is -4.41. The third-order valence-electron chi connectivity index (χ3n) is 5.71. The zero-order chi connectivity index (χ0) is 24.2. The number of thioether (sulfide) groups is 1. The van der Waals surface area contributed by atoms with Gasteiger partial charge >= 0.3 is 6.18 Å². The van der Waals surface area contributed by atoms with Crippen LogP contribution in [0.4, 0.5) is 19.0 Å². The lowest BCUT2D eigenvalue weighted by atomic mass is 9.95. The third-order valence-corrected chi connectivity index (χ3v) is 6.87. The Morgan fingerprint density at radius 1 is 1.06 bits per heavy atom. The van der Waals surface area contributed by atoms with Crippen molar-refractivity contribution in [2.24, 2.45) is 7.05 Å². The highest BCUT2D eigenvalue weighted by molar-refractivity contribution is 7.99. The lowest BCUT2D eigenvalue weighted by molar-refractivity contribution is -0.147. The maximum absolute atomic E-state index is 12.9. The molecule has 0 saturated carbocycles. The van der Waals surface area contributed by atoms with Crippen LogP contribution >= 0.6 is 11.8 Å². The summed E-state index contributed by atoms with van der Waals surface area (Å²) in [6, 6.07) is 2.13. The summed E-state index contributed by atoms with van der Waals surface area (Å²) in [5.41, 5.74) is 1.02. The Labute approximate surface area is 199 Å². The number of aromatic nitrogens is 4. The third kappa shape index (κ3) is 6.85. The van der Waals surface area contributed by atoms with Crippen molar-refractivity contribution in [2.75, 3.05) is 43.4 Å². The first-order valence-corrected chi connectivity index (χ1v) is 12.5. The second kappa shape index (κ2) is 10.6. The van der Waals surface area contributed by atoms with E-state index in [0.29, 0.717) is 5.03 Å². The van der Waals surface area contributed by atoms with E-state index < -0.39 is 12.0 Å². The molecular formula is C23H35F3N6S. The highest BCUT2D eigenvalue weighted by Crippen LogP contribution is 2.31. The van der Waals surface area contributed by atoms with Crippen molar-refractivity contribution in [2.45, 2.75) is 63.6 Å². The summed E-state index contributed by atoms with van der Waals surface area (Å²) < 4.78 is 39.8. The first kappa shape index (κ1) is 25.8. The molecule has 1 saturated heterocycles. The Hall–Kier alpha value is -1.81. The van der Waals surface area contributed by atoms with Gasteiger partial charge in [-0.1, -0.05) is 34.1 Å². The fourth-order valence-electron chi connectivity index (χ4n) is 3.82. The Bertz CT molecular complexity index is 914. The van der Waals surface area contributed by atoms with Gasteiger partial charge in [0.2, 0.25) is 5.82 Å². The van der Waals surface area contributed by atoms with Gasteiger partial charge in [0.15, 0.2) is 0 Å². The van der Waals surface area contributed by atoms with Crippen LogP contribution in [-0.4, -0.2) is 62.9 Å². The van der Waals surface area contributed by atoms with E-state index in [1.54, 1.807) is 0 Å². The summed E-state index contributed by atoms with van der Waals surface area (Å²) in [5.74, 6) is 1.83. The summed E-state index contributed by atoms with van der Waals surface area (Å²) in [7, 11) is 1.42. The van der Waals surface area contributed by atoms with Gasteiger partial charge in [0.05, 0.1) is 11.2 Å². The maximum atomic E-state index is 12.9. The summed E-state index contributed by atoms with van der Waals surface area (Å²) >= 11 is 1.43. The van der Waals surface area contributed by atoms with E-state index in [9.17, 15) is 13.2 Å². The molecule has 6 nitrogen and oxygen atoms in total. The molecule has 33 heavy (non-hydrogen) atoms. The molecule has 0 aromatic carbocycles. The van der Waals surface area contributed by atoms with Crippen LogP contribution in [0.15, 0.2) is 17.3 Å². The minimum Gasteiger partial charge on any atom is -0.354 e. The number of imidazole rings is 1. The molecule has 1 aliphatic rings. The molecule has 0 aliphatic carbocycles. The summed E-state index contributed by atoms with van der Waals surface area (Å²) in [4.78, 5) is 17.9. The van der Waals surface area contributed by atoms with E-state index >= 15 is 0 Å². The highest BCUT2D eigenvalue weighted by Gasteiger charge is 2.36. The summed E-state index contributed by atoms with van der Waals surface area (Å²) in [5, 5.41) is 0.549. The zero-order valence-electron chi connectivity index (χ0n) is 20.2. The van der Waals surface area contributed by atoms with Crippen LogP contribution in [0.3, 0.4) is 0 Å². The molecule has 0 unspecified atom stereocenters. The van der Waals surface area contributed by atoms with Crippen molar-refractivity contribution >= 4 is 17.6 Å². The van der Waals surface area contributed by atoms with Crippen molar-refractivity contribution in [1.29, 1.82) is 0 Å². The van der Waals surface area contributed by atoms with E-state index in [4.69, 9.17) is 9.97 Å². The molecule has 1 fully saturated rings. The number of piperazine rings is 1. The van der Waals surface area contributed by atoms with Crippen LogP contribution < -0.4 is 4.90 Å². The van der Waals surface area contributed by atoms with Crippen molar-refractivity contribution in [3.63, 3.8) is 0 Å². The van der Waals surface area contributed by atoms with Crippen LogP contribution in [0.2, 0.25) is 0 Å². The van der Waals surface area contributed by atoms with Gasteiger partial charge in [0, 0.05) is 56.2 Å². The average Bonchev–Trinajstić information content (AvgIpc) is 3.12. The van der Waals surface area contributed by atoms with Crippen LogP contribution in [0.5, 0.6) is 0 Å². The van der Waals surface area contributed by atoms with E-state index in [2.05, 4.69) is 48.5 Å². The van der Waals surface area contributed by atoms with Gasteiger partial charge in [-0.25, -0.2) is 15.0 Å². The first-order valence-electron chi connectivity index (χ1n) is 11.6. The monoisotopic (exact) mass is 484 g/mol. The lowest BCUT2D eigenvalue weighted by Gasteiger charge is -2.36. The van der Waals surface area contributed by atoms with Gasteiger partial charge in [0.25, 0.3) is 0 Å². The molecule has 0 N–H and O–H groups in total. The van der Waals surface area contributed by atoms with E-state index in [0.717, 1.165) is 79.6 Å². The highest BCUT2D eigenvalue weighted by atomic mass is 32.2. The van der Waals surface area contributed by atoms with E-state index in [1.165, 1.54) is 25.0 Å². The molecule has 0 bridgehead atoms. The Morgan fingerprint density at radius 2 is 1.76 bits per heavy atom. The number of anilines is 1. The molecule has 0 spiro atoms. The standard InChI is InChI=1S/C23H35F3N6S/c1-6-8-17-15-18(29-20(28-17)22(2,3)4)32-12-10-31(11-13-32)9-7-14-33-19-16-27-21(30(19)5)23(24,25)26/h15-16H,6-14H2,1-5H3.